The molecule has 1 amide bonds. The van der Waals surface area contributed by atoms with Crippen LogP contribution in [0.15, 0.2) is 48.8 Å². The lowest BCUT2D eigenvalue weighted by molar-refractivity contribution is 0.0986. The second-order valence-corrected chi connectivity index (χ2v) is 6.61. The topological polar surface area (TPSA) is 54.3 Å². The number of halogens is 1. The van der Waals surface area contributed by atoms with Crippen LogP contribution in [0.5, 0.6) is 0 Å². The lowest BCUT2D eigenvalue weighted by Gasteiger charge is -2.24. The predicted octanol–water partition coefficient (Wildman–Crippen LogP) is 3.20. The molecule has 0 spiro atoms. The van der Waals surface area contributed by atoms with Gasteiger partial charge in [-0.1, -0.05) is 6.07 Å². The van der Waals surface area contributed by atoms with Crippen LogP contribution in [0.3, 0.4) is 0 Å². The first-order valence-corrected chi connectivity index (χ1v) is 8.85. The van der Waals surface area contributed by atoms with Crippen LogP contribution in [0.2, 0.25) is 0 Å². The lowest BCUT2D eigenvalue weighted by atomic mass is 10.1. The van der Waals surface area contributed by atoms with Crippen molar-refractivity contribution in [2.24, 2.45) is 0 Å². The van der Waals surface area contributed by atoms with E-state index in [1.807, 2.05) is 37.1 Å². The maximum atomic E-state index is 13.9. The highest BCUT2D eigenvalue weighted by molar-refractivity contribution is 6.08. The van der Waals surface area contributed by atoms with E-state index in [4.69, 9.17) is 0 Å². The third kappa shape index (κ3) is 3.05. The highest BCUT2D eigenvalue weighted by Gasteiger charge is 2.27. The Morgan fingerprint density at radius 1 is 1.15 bits per heavy atom. The number of nitrogens with zero attached hydrogens (tertiary/aromatic N) is 5. The number of benzene rings is 1. The number of rotatable bonds is 2. The van der Waals surface area contributed by atoms with E-state index < -0.39 is 0 Å². The summed E-state index contributed by atoms with van der Waals surface area (Å²) in [6, 6.07) is 10.1. The van der Waals surface area contributed by atoms with E-state index in [9.17, 15) is 9.18 Å². The van der Waals surface area contributed by atoms with Crippen LogP contribution in [0.1, 0.15) is 22.5 Å². The molecule has 4 rings (SSSR count). The summed E-state index contributed by atoms with van der Waals surface area (Å²) in [5.41, 5.74) is 2.62. The Hall–Kier alpha value is -3.22. The van der Waals surface area contributed by atoms with Crippen molar-refractivity contribution in [3.63, 3.8) is 0 Å². The van der Waals surface area contributed by atoms with Crippen LogP contribution in [0, 0.1) is 12.7 Å². The van der Waals surface area contributed by atoms with Crippen molar-refractivity contribution < 1.29 is 9.18 Å². The Bertz CT molecular complexity index is 985. The number of carbonyl (C=O) groups excluding carboxylic acids is 1. The molecule has 0 atom stereocenters. The minimum Gasteiger partial charge on any atom is -0.373 e. The summed E-state index contributed by atoms with van der Waals surface area (Å²) in [7, 11) is 1.95. The zero-order chi connectivity index (χ0) is 19.0. The molecule has 7 heteroatoms. The number of aromatic nitrogens is 3. The van der Waals surface area contributed by atoms with Crippen LogP contribution < -0.4 is 9.80 Å². The predicted molar refractivity (Wildman–Crippen MR) is 102 cm³/mol. The zero-order valence-electron chi connectivity index (χ0n) is 15.3. The summed E-state index contributed by atoms with van der Waals surface area (Å²) < 4.78 is 15.6. The van der Waals surface area contributed by atoms with Crippen molar-refractivity contribution in [2.45, 2.75) is 13.3 Å². The van der Waals surface area contributed by atoms with Gasteiger partial charge in [0, 0.05) is 26.3 Å². The third-order valence-corrected chi connectivity index (χ3v) is 4.87. The quantitative estimate of drug-likeness (QED) is 0.700. The van der Waals surface area contributed by atoms with E-state index in [-0.39, 0.29) is 11.7 Å². The van der Waals surface area contributed by atoms with Gasteiger partial charge in [0.25, 0.3) is 5.91 Å². The molecule has 1 aromatic carbocycles. The maximum absolute atomic E-state index is 13.9. The summed E-state index contributed by atoms with van der Waals surface area (Å²) in [5.74, 6) is 0.107. The molecular formula is C20H20FN5O. The molecule has 2 aromatic heterocycles. The van der Waals surface area contributed by atoms with Gasteiger partial charge in [0.15, 0.2) is 5.82 Å². The molecule has 0 aliphatic carbocycles. The maximum Gasteiger partial charge on any atom is 0.261 e. The summed E-state index contributed by atoms with van der Waals surface area (Å²) in [5, 5.41) is 4.34. The molecule has 138 valence electrons. The first-order chi connectivity index (χ1) is 13.1. The SMILES string of the molecule is Cc1c(C(=O)N2CCCN(C)c3ccc(F)cc32)cnn1-c1ccccn1. The van der Waals surface area contributed by atoms with Gasteiger partial charge in [0.1, 0.15) is 5.82 Å². The average molecular weight is 365 g/mol. The van der Waals surface area contributed by atoms with E-state index in [0.29, 0.717) is 29.3 Å². The first kappa shape index (κ1) is 17.2. The summed E-state index contributed by atoms with van der Waals surface area (Å²) in [6.07, 6.45) is 4.04. The molecule has 0 saturated heterocycles. The normalized spacial score (nSPS) is 14.0. The smallest absolute Gasteiger partial charge is 0.261 e. The second-order valence-electron chi connectivity index (χ2n) is 6.61. The number of fused-ring (bicyclic) bond motifs is 1. The number of carbonyl (C=O) groups is 1. The summed E-state index contributed by atoms with van der Waals surface area (Å²) >= 11 is 0. The van der Waals surface area contributed by atoms with Gasteiger partial charge >= 0.3 is 0 Å². The molecule has 27 heavy (non-hydrogen) atoms. The minimum atomic E-state index is -0.359. The molecule has 1 aliphatic heterocycles. The van der Waals surface area contributed by atoms with E-state index in [2.05, 4.69) is 10.1 Å². The minimum absolute atomic E-state index is 0.183. The van der Waals surface area contributed by atoms with Crippen LogP contribution in [-0.4, -0.2) is 40.8 Å². The molecule has 0 N–H and O–H groups in total. The fourth-order valence-electron chi connectivity index (χ4n) is 3.43. The molecule has 1 aliphatic rings. The largest absolute Gasteiger partial charge is 0.373 e. The van der Waals surface area contributed by atoms with Crippen molar-refractivity contribution in [3.05, 3.63) is 65.9 Å². The van der Waals surface area contributed by atoms with Crippen molar-refractivity contribution in [1.82, 2.24) is 14.8 Å². The van der Waals surface area contributed by atoms with E-state index in [1.54, 1.807) is 28.0 Å². The van der Waals surface area contributed by atoms with Crippen LogP contribution in [0.25, 0.3) is 5.82 Å². The third-order valence-electron chi connectivity index (χ3n) is 4.87. The van der Waals surface area contributed by atoms with Gasteiger partial charge in [-0.15, -0.1) is 0 Å². The van der Waals surface area contributed by atoms with Gasteiger partial charge in [0.2, 0.25) is 0 Å². The Kier molecular flexibility index (Phi) is 4.35. The monoisotopic (exact) mass is 365 g/mol. The first-order valence-electron chi connectivity index (χ1n) is 8.85. The van der Waals surface area contributed by atoms with Gasteiger partial charge in [0.05, 0.1) is 28.8 Å². The molecule has 6 nitrogen and oxygen atoms in total. The number of pyridine rings is 1. The molecule has 0 fully saturated rings. The average Bonchev–Trinajstić information content (AvgIpc) is 2.98. The molecular weight excluding hydrogens is 345 g/mol. The Morgan fingerprint density at radius 2 is 2.00 bits per heavy atom. The number of hydrogen-bond donors (Lipinski definition) is 0. The van der Waals surface area contributed by atoms with E-state index in [0.717, 1.165) is 18.7 Å². The van der Waals surface area contributed by atoms with Crippen LogP contribution in [0.4, 0.5) is 15.8 Å². The Labute approximate surface area is 156 Å². The van der Waals surface area contributed by atoms with Gasteiger partial charge in [-0.2, -0.15) is 5.10 Å². The van der Waals surface area contributed by atoms with Gasteiger partial charge in [-0.05, 0) is 43.7 Å². The highest BCUT2D eigenvalue weighted by atomic mass is 19.1. The highest BCUT2D eigenvalue weighted by Crippen LogP contribution is 2.33. The number of anilines is 2. The lowest BCUT2D eigenvalue weighted by Crippen LogP contribution is -2.32. The number of amides is 1. The fourth-order valence-corrected chi connectivity index (χ4v) is 3.43. The van der Waals surface area contributed by atoms with Crippen molar-refractivity contribution in [1.29, 1.82) is 0 Å². The van der Waals surface area contributed by atoms with Gasteiger partial charge < -0.3 is 9.80 Å². The fraction of sp³-hybridized carbons (Fsp3) is 0.250. The summed E-state index contributed by atoms with van der Waals surface area (Å²) in [6.45, 7) is 3.16. The standard InChI is InChI=1S/C20H20FN5O/c1-14-16(13-23-26(14)19-6-3-4-9-22-19)20(27)25-11-5-10-24(2)17-8-7-15(21)12-18(17)25/h3-4,6-9,12-13H,5,10-11H2,1-2H3. The second kappa shape index (κ2) is 6.83. The van der Waals surface area contributed by atoms with Crippen molar-refractivity contribution in [3.8, 4) is 5.82 Å². The van der Waals surface area contributed by atoms with E-state index in [1.165, 1.54) is 12.1 Å². The van der Waals surface area contributed by atoms with E-state index >= 15 is 0 Å². The Balaban J connectivity index is 1.75. The molecule has 0 unspecified atom stereocenters. The van der Waals surface area contributed by atoms with Crippen LogP contribution >= 0.6 is 0 Å². The zero-order valence-corrected chi connectivity index (χ0v) is 15.3. The molecule has 0 radical (unpaired) electrons. The van der Waals surface area contributed by atoms with Crippen molar-refractivity contribution in [2.75, 3.05) is 29.9 Å². The van der Waals surface area contributed by atoms with Crippen molar-refractivity contribution >= 4 is 17.3 Å². The summed E-state index contributed by atoms with van der Waals surface area (Å²) in [4.78, 5) is 21.3. The van der Waals surface area contributed by atoms with Gasteiger partial charge in [-0.3, -0.25) is 4.79 Å². The molecule has 3 aromatic rings. The Morgan fingerprint density at radius 3 is 2.78 bits per heavy atom. The van der Waals surface area contributed by atoms with Gasteiger partial charge in [-0.25, -0.2) is 14.1 Å². The molecule has 3 heterocycles. The van der Waals surface area contributed by atoms with Crippen LogP contribution in [-0.2, 0) is 0 Å². The molecule has 0 bridgehead atoms. The number of hydrogen-bond acceptors (Lipinski definition) is 4. The molecule has 0 saturated carbocycles.